The van der Waals surface area contributed by atoms with E-state index in [2.05, 4.69) is 18.8 Å². The molecular formula is C13H21N3O3. The first kappa shape index (κ1) is 15.2. The highest BCUT2D eigenvalue weighted by Gasteiger charge is 2.14. The summed E-state index contributed by atoms with van der Waals surface area (Å²) < 4.78 is 0.756. The van der Waals surface area contributed by atoms with Crippen LogP contribution in [0.3, 0.4) is 0 Å². The quantitative estimate of drug-likeness (QED) is 0.489. The number of aryl methyl sites for hydroxylation is 1. The molecule has 1 heterocycles. The lowest BCUT2D eigenvalue weighted by atomic mass is 10.1. The molecule has 6 heteroatoms. The molecule has 6 nitrogen and oxygen atoms in total. The first-order chi connectivity index (χ1) is 8.99. The second-order valence-corrected chi connectivity index (χ2v) is 4.65. The Kier molecular flexibility index (Phi) is 5.54. The van der Waals surface area contributed by atoms with Crippen LogP contribution in [0.5, 0.6) is 0 Å². The Morgan fingerprint density at radius 2 is 2.00 bits per heavy atom. The Morgan fingerprint density at radius 1 is 1.42 bits per heavy atom. The maximum atomic E-state index is 11.0. The van der Waals surface area contributed by atoms with Crippen molar-refractivity contribution in [1.29, 1.82) is 0 Å². The number of aromatic nitrogens is 1. The molecule has 106 valence electrons. The highest BCUT2D eigenvalue weighted by atomic mass is 16.6. The van der Waals surface area contributed by atoms with Crippen LogP contribution in [0.1, 0.15) is 45.2 Å². The van der Waals surface area contributed by atoms with E-state index >= 15 is 0 Å². The molecule has 1 aromatic rings. The second-order valence-electron chi connectivity index (χ2n) is 4.65. The molecule has 0 fully saturated rings. The number of nitro groups is 1. The summed E-state index contributed by atoms with van der Waals surface area (Å²) in [7, 11) is 0. The van der Waals surface area contributed by atoms with Crippen molar-refractivity contribution in [2.24, 2.45) is 4.99 Å². The molecule has 0 saturated heterocycles. The Labute approximate surface area is 112 Å². The van der Waals surface area contributed by atoms with E-state index < -0.39 is 4.92 Å². The molecule has 0 atom stereocenters. The smallest absolute Gasteiger partial charge is 0.313 e. The topological polar surface area (TPSA) is 80.7 Å². The molecule has 0 aliphatic carbocycles. The Balaban J connectivity index is 3.29. The van der Waals surface area contributed by atoms with E-state index in [4.69, 9.17) is 0 Å². The summed E-state index contributed by atoms with van der Waals surface area (Å²) in [5.41, 5.74) is 0.362. The molecule has 1 rings (SSSR count). The fraction of sp³-hybridized carbons (Fsp3) is 0.615. The van der Waals surface area contributed by atoms with Gasteiger partial charge in [-0.15, -0.1) is 0 Å². The molecule has 0 spiro atoms. The van der Waals surface area contributed by atoms with Gasteiger partial charge in [0.25, 0.3) is 0 Å². The minimum atomic E-state index is -0.514. The normalized spacial score (nSPS) is 12.1. The van der Waals surface area contributed by atoms with Gasteiger partial charge in [0.2, 0.25) is 0 Å². The standard InChI is InChI=1S/C13H21N3O3/c1-4-6-11(7-5-2)14-12-8-10(3)15(17)9-13(12)16(18)19/h8-9,11,17H,4-7H2,1-3H3. The van der Waals surface area contributed by atoms with Crippen molar-refractivity contribution in [2.75, 3.05) is 0 Å². The molecule has 1 aromatic heterocycles. The third-order valence-corrected chi connectivity index (χ3v) is 2.98. The van der Waals surface area contributed by atoms with E-state index in [0.717, 1.165) is 36.6 Å². The molecular weight excluding hydrogens is 246 g/mol. The van der Waals surface area contributed by atoms with E-state index in [1.165, 1.54) is 0 Å². The summed E-state index contributed by atoms with van der Waals surface area (Å²) in [6.45, 7) is 5.83. The average molecular weight is 267 g/mol. The van der Waals surface area contributed by atoms with E-state index in [9.17, 15) is 15.3 Å². The predicted molar refractivity (Wildman–Crippen MR) is 72.2 cm³/mol. The van der Waals surface area contributed by atoms with Gasteiger partial charge in [-0.3, -0.25) is 15.1 Å². The highest BCUT2D eigenvalue weighted by molar-refractivity contribution is 5.27. The van der Waals surface area contributed by atoms with Gasteiger partial charge in [0, 0.05) is 0 Å². The number of rotatable bonds is 6. The summed E-state index contributed by atoms with van der Waals surface area (Å²) in [4.78, 5) is 15.0. The van der Waals surface area contributed by atoms with Crippen LogP contribution in [-0.4, -0.2) is 20.9 Å². The van der Waals surface area contributed by atoms with Gasteiger partial charge in [0.05, 0.1) is 16.7 Å². The van der Waals surface area contributed by atoms with Crippen molar-refractivity contribution >= 4 is 5.69 Å². The maximum Gasteiger partial charge on any atom is 0.313 e. The van der Waals surface area contributed by atoms with Gasteiger partial charge in [0.15, 0.2) is 0 Å². The minimum Gasteiger partial charge on any atom is -0.429 e. The van der Waals surface area contributed by atoms with Gasteiger partial charge in [0.1, 0.15) is 11.6 Å². The summed E-state index contributed by atoms with van der Waals surface area (Å²) in [6.07, 6.45) is 4.92. The fourth-order valence-electron chi connectivity index (χ4n) is 2.00. The zero-order valence-corrected chi connectivity index (χ0v) is 11.7. The van der Waals surface area contributed by atoms with Crippen LogP contribution in [0.4, 0.5) is 5.69 Å². The van der Waals surface area contributed by atoms with Crippen molar-refractivity contribution in [1.82, 2.24) is 4.73 Å². The molecule has 19 heavy (non-hydrogen) atoms. The first-order valence-corrected chi connectivity index (χ1v) is 6.60. The molecule has 1 N–H and O–H groups in total. The summed E-state index contributed by atoms with van der Waals surface area (Å²) in [5.74, 6) is 0. The van der Waals surface area contributed by atoms with Crippen LogP contribution < -0.4 is 5.36 Å². The van der Waals surface area contributed by atoms with Crippen molar-refractivity contribution in [2.45, 2.75) is 52.5 Å². The van der Waals surface area contributed by atoms with E-state index in [0.29, 0.717) is 11.1 Å². The van der Waals surface area contributed by atoms with Crippen LogP contribution >= 0.6 is 0 Å². The van der Waals surface area contributed by atoms with E-state index in [-0.39, 0.29) is 11.7 Å². The lowest BCUT2D eigenvalue weighted by molar-refractivity contribution is -0.387. The zero-order valence-electron chi connectivity index (χ0n) is 11.7. The lowest BCUT2D eigenvalue weighted by Gasteiger charge is -2.10. The molecule has 0 aromatic carbocycles. The van der Waals surface area contributed by atoms with E-state index in [1.54, 1.807) is 13.0 Å². The van der Waals surface area contributed by atoms with Crippen LogP contribution in [0.25, 0.3) is 0 Å². The van der Waals surface area contributed by atoms with Gasteiger partial charge in [-0.05, 0) is 25.8 Å². The van der Waals surface area contributed by atoms with Gasteiger partial charge in [-0.25, -0.2) is 0 Å². The Hall–Kier alpha value is -1.85. The van der Waals surface area contributed by atoms with Crippen LogP contribution in [0.15, 0.2) is 17.3 Å². The van der Waals surface area contributed by atoms with Crippen molar-refractivity contribution in [3.05, 3.63) is 33.4 Å². The molecule has 0 saturated carbocycles. The number of hydrogen-bond acceptors (Lipinski definition) is 4. The second kappa shape index (κ2) is 6.92. The molecule has 0 unspecified atom stereocenters. The van der Waals surface area contributed by atoms with Crippen molar-refractivity contribution in [3.8, 4) is 0 Å². The zero-order chi connectivity index (χ0) is 14.4. The van der Waals surface area contributed by atoms with E-state index in [1.807, 2.05) is 0 Å². The van der Waals surface area contributed by atoms with Crippen LogP contribution in [0, 0.1) is 17.0 Å². The van der Waals surface area contributed by atoms with Gasteiger partial charge < -0.3 is 5.21 Å². The molecule has 0 amide bonds. The highest BCUT2D eigenvalue weighted by Crippen LogP contribution is 2.11. The molecule has 0 aliphatic rings. The fourth-order valence-corrected chi connectivity index (χ4v) is 2.00. The predicted octanol–water partition coefficient (Wildman–Crippen LogP) is 2.81. The van der Waals surface area contributed by atoms with Crippen LogP contribution in [0.2, 0.25) is 0 Å². The van der Waals surface area contributed by atoms with Crippen molar-refractivity contribution < 1.29 is 10.1 Å². The number of hydrogen-bond donors (Lipinski definition) is 1. The first-order valence-electron chi connectivity index (χ1n) is 6.60. The maximum absolute atomic E-state index is 11.0. The largest absolute Gasteiger partial charge is 0.429 e. The SMILES string of the molecule is CCCC(CCC)N=c1cc(C)n(O)cc1[N+](=O)[O-]. The van der Waals surface area contributed by atoms with Crippen LogP contribution in [-0.2, 0) is 0 Å². The number of nitrogens with zero attached hydrogens (tertiary/aromatic N) is 3. The monoisotopic (exact) mass is 267 g/mol. The number of pyridine rings is 1. The molecule has 0 radical (unpaired) electrons. The summed E-state index contributed by atoms with van der Waals surface area (Å²) in [6, 6.07) is 1.65. The van der Waals surface area contributed by atoms with Gasteiger partial charge >= 0.3 is 5.69 Å². The Morgan fingerprint density at radius 3 is 2.47 bits per heavy atom. The van der Waals surface area contributed by atoms with Gasteiger partial charge in [-0.2, -0.15) is 4.73 Å². The summed E-state index contributed by atoms with van der Waals surface area (Å²) >= 11 is 0. The van der Waals surface area contributed by atoms with Crippen molar-refractivity contribution in [3.63, 3.8) is 0 Å². The van der Waals surface area contributed by atoms with Gasteiger partial charge in [-0.1, -0.05) is 26.7 Å². The third-order valence-electron chi connectivity index (χ3n) is 2.98. The third kappa shape index (κ3) is 4.08. The lowest BCUT2D eigenvalue weighted by Crippen LogP contribution is -2.18. The Bertz CT molecular complexity index is 502. The molecule has 0 bridgehead atoms. The minimum absolute atomic E-state index is 0.0997. The average Bonchev–Trinajstić information content (AvgIpc) is 2.33. The molecule has 0 aliphatic heterocycles. The summed E-state index contributed by atoms with van der Waals surface area (Å²) in [5, 5.41) is 20.8.